The molecule has 1 fully saturated rings. The Balaban J connectivity index is 1.46. The van der Waals surface area contributed by atoms with E-state index in [9.17, 15) is 4.79 Å². The number of fused-ring (bicyclic) bond motifs is 1. The molecule has 1 amide bonds. The van der Waals surface area contributed by atoms with E-state index in [1.165, 1.54) is 0 Å². The van der Waals surface area contributed by atoms with Gasteiger partial charge in [-0.2, -0.15) is 0 Å². The molecule has 1 aromatic carbocycles. The lowest BCUT2D eigenvalue weighted by Crippen LogP contribution is -2.49. The summed E-state index contributed by atoms with van der Waals surface area (Å²) in [7, 11) is 1.67. The van der Waals surface area contributed by atoms with Crippen molar-refractivity contribution in [1.82, 2.24) is 9.47 Å². The highest BCUT2D eigenvalue weighted by Gasteiger charge is 2.25. The van der Waals surface area contributed by atoms with Crippen LogP contribution in [0, 0.1) is 0 Å². The SMILES string of the molecule is CCn1c(C(=O)N2CCN(c3ccc(OC)cc3)CC2)cc2ccoc21. The summed E-state index contributed by atoms with van der Waals surface area (Å²) < 4.78 is 12.7. The molecule has 0 spiro atoms. The summed E-state index contributed by atoms with van der Waals surface area (Å²) in [4.78, 5) is 17.2. The minimum atomic E-state index is 0.0765. The zero-order valence-electron chi connectivity index (χ0n) is 15.1. The van der Waals surface area contributed by atoms with Crippen molar-refractivity contribution in [3.8, 4) is 5.75 Å². The number of carbonyl (C=O) groups excluding carboxylic acids is 1. The van der Waals surface area contributed by atoms with Crippen molar-refractivity contribution >= 4 is 22.7 Å². The number of anilines is 1. The van der Waals surface area contributed by atoms with E-state index in [2.05, 4.69) is 17.0 Å². The van der Waals surface area contributed by atoms with E-state index in [-0.39, 0.29) is 5.91 Å². The number of hydrogen-bond acceptors (Lipinski definition) is 4. The zero-order chi connectivity index (χ0) is 18.1. The number of furan rings is 1. The van der Waals surface area contributed by atoms with Gasteiger partial charge in [0.05, 0.1) is 13.4 Å². The highest BCUT2D eigenvalue weighted by atomic mass is 16.5. The van der Waals surface area contributed by atoms with Crippen LogP contribution in [0.3, 0.4) is 0 Å². The molecule has 0 atom stereocenters. The van der Waals surface area contributed by atoms with Crippen LogP contribution in [-0.4, -0.2) is 48.7 Å². The summed E-state index contributed by atoms with van der Waals surface area (Å²) in [6, 6.07) is 11.9. The molecule has 1 aliphatic heterocycles. The van der Waals surface area contributed by atoms with Gasteiger partial charge in [-0.1, -0.05) is 0 Å². The topological polar surface area (TPSA) is 50.9 Å². The number of amides is 1. The molecule has 0 aliphatic carbocycles. The van der Waals surface area contributed by atoms with Crippen LogP contribution in [0.1, 0.15) is 17.4 Å². The Morgan fingerprint density at radius 3 is 2.50 bits per heavy atom. The molecule has 6 heteroatoms. The Morgan fingerprint density at radius 1 is 1.12 bits per heavy atom. The summed E-state index contributed by atoms with van der Waals surface area (Å²) >= 11 is 0. The predicted molar refractivity (Wildman–Crippen MR) is 101 cm³/mol. The van der Waals surface area contributed by atoms with E-state index in [1.54, 1.807) is 13.4 Å². The molecular formula is C20H23N3O3. The second-order valence-electron chi connectivity index (χ2n) is 6.43. The minimum Gasteiger partial charge on any atom is -0.497 e. The van der Waals surface area contributed by atoms with Crippen LogP contribution in [-0.2, 0) is 6.54 Å². The van der Waals surface area contributed by atoms with E-state index in [0.717, 1.165) is 35.6 Å². The maximum Gasteiger partial charge on any atom is 0.270 e. The van der Waals surface area contributed by atoms with Crippen LogP contribution < -0.4 is 9.64 Å². The van der Waals surface area contributed by atoms with Gasteiger partial charge in [0.15, 0.2) is 0 Å². The van der Waals surface area contributed by atoms with E-state index in [1.807, 2.05) is 40.7 Å². The van der Waals surface area contributed by atoms with Gasteiger partial charge in [0.1, 0.15) is 11.4 Å². The third kappa shape index (κ3) is 2.81. The van der Waals surface area contributed by atoms with Crippen molar-refractivity contribution in [1.29, 1.82) is 0 Å². The number of benzene rings is 1. The fraction of sp³-hybridized carbons (Fsp3) is 0.350. The average molecular weight is 353 g/mol. The van der Waals surface area contributed by atoms with Gasteiger partial charge in [0, 0.05) is 43.8 Å². The first-order chi connectivity index (χ1) is 12.7. The second kappa shape index (κ2) is 6.78. The van der Waals surface area contributed by atoms with Gasteiger partial charge < -0.3 is 23.5 Å². The van der Waals surface area contributed by atoms with Gasteiger partial charge in [-0.25, -0.2) is 0 Å². The molecule has 0 unspecified atom stereocenters. The first-order valence-electron chi connectivity index (χ1n) is 8.96. The van der Waals surface area contributed by atoms with Crippen molar-refractivity contribution in [3.05, 3.63) is 48.4 Å². The summed E-state index contributed by atoms with van der Waals surface area (Å²) in [5.41, 5.74) is 2.64. The maximum absolute atomic E-state index is 13.0. The Hall–Kier alpha value is -2.89. The number of aryl methyl sites for hydroxylation is 1. The van der Waals surface area contributed by atoms with Crippen LogP contribution in [0.5, 0.6) is 5.75 Å². The lowest BCUT2D eigenvalue weighted by Gasteiger charge is -2.36. The highest BCUT2D eigenvalue weighted by Crippen LogP contribution is 2.24. The van der Waals surface area contributed by atoms with E-state index < -0.39 is 0 Å². The van der Waals surface area contributed by atoms with Gasteiger partial charge in [-0.15, -0.1) is 0 Å². The molecule has 2 aromatic heterocycles. The van der Waals surface area contributed by atoms with E-state index in [4.69, 9.17) is 9.15 Å². The number of aromatic nitrogens is 1. The minimum absolute atomic E-state index is 0.0765. The third-order valence-corrected chi connectivity index (χ3v) is 5.04. The van der Waals surface area contributed by atoms with Crippen LogP contribution in [0.25, 0.3) is 11.1 Å². The first kappa shape index (κ1) is 16.6. The summed E-state index contributed by atoms with van der Waals surface area (Å²) in [6.07, 6.45) is 1.67. The standard InChI is InChI=1S/C20H23N3O3/c1-3-23-18(14-15-8-13-26-20(15)23)19(24)22-11-9-21(10-12-22)16-4-6-17(25-2)7-5-16/h4-8,13-14H,3,9-12H2,1-2H3. The number of carbonyl (C=O) groups is 1. The molecule has 0 bridgehead atoms. The van der Waals surface area contributed by atoms with E-state index in [0.29, 0.717) is 25.3 Å². The lowest BCUT2D eigenvalue weighted by atomic mass is 10.2. The molecule has 1 aliphatic rings. The maximum atomic E-state index is 13.0. The van der Waals surface area contributed by atoms with Gasteiger partial charge in [-0.3, -0.25) is 4.79 Å². The predicted octanol–water partition coefficient (Wildman–Crippen LogP) is 3.23. The Labute approximate surface area is 152 Å². The van der Waals surface area contributed by atoms with Crippen molar-refractivity contribution in [2.45, 2.75) is 13.5 Å². The van der Waals surface area contributed by atoms with E-state index >= 15 is 0 Å². The molecule has 3 heterocycles. The van der Waals surface area contributed by atoms with Gasteiger partial charge in [0.2, 0.25) is 5.71 Å². The highest BCUT2D eigenvalue weighted by molar-refractivity contribution is 5.97. The number of methoxy groups -OCH3 is 1. The lowest BCUT2D eigenvalue weighted by molar-refractivity contribution is 0.0736. The van der Waals surface area contributed by atoms with Crippen molar-refractivity contribution in [2.75, 3.05) is 38.2 Å². The first-order valence-corrected chi connectivity index (χ1v) is 8.96. The average Bonchev–Trinajstić information content (AvgIpc) is 3.28. The largest absolute Gasteiger partial charge is 0.497 e. The Kier molecular flexibility index (Phi) is 4.32. The smallest absolute Gasteiger partial charge is 0.270 e. The summed E-state index contributed by atoms with van der Waals surface area (Å²) in [5.74, 6) is 0.930. The monoisotopic (exact) mass is 353 g/mol. The van der Waals surface area contributed by atoms with Gasteiger partial charge in [0.25, 0.3) is 5.91 Å². The number of ether oxygens (including phenoxy) is 1. The molecule has 4 rings (SSSR count). The molecule has 136 valence electrons. The molecule has 1 saturated heterocycles. The van der Waals surface area contributed by atoms with Gasteiger partial charge >= 0.3 is 0 Å². The third-order valence-electron chi connectivity index (χ3n) is 5.04. The van der Waals surface area contributed by atoms with Crippen LogP contribution >= 0.6 is 0 Å². The van der Waals surface area contributed by atoms with Crippen LogP contribution in [0.4, 0.5) is 5.69 Å². The van der Waals surface area contributed by atoms with Gasteiger partial charge in [-0.05, 0) is 43.3 Å². The zero-order valence-corrected chi connectivity index (χ0v) is 15.1. The molecule has 3 aromatic rings. The molecule has 26 heavy (non-hydrogen) atoms. The number of rotatable bonds is 4. The molecule has 0 radical (unpaired) electrons. The number of nitrogens with zero attached hydrogens (tertiary/aromatic N) is 3. The van der Waals surface area contributed by atoms with Crippen molar-refractivity contribution < 1.29 is 13.9 Å². The fourth-order valence-corrected chi connectivity index (χ4v) is 3.59. The summed E-state index contributed by atoms with van der Waals surface area (Å²) in [6.45, 7) is 5.80. The van der Waals surface area contributed by atoms with Crippen LogP contribution in [0.2, 0.25) is 0 Å². The second-order valence-corrected chi connectivity index (χ2v) is 6.43. The van der Waals surface area contributed by atoms with Crippen molar-refractivity contribution in [3.63, 3.8) is 0 Å². The Bertz CT molecular complexity index is 902. The quantitative estimate of drug-likeness (QED) is 0.723. The molecule has 0 N–H and O–H groups in total. The van der Waals surface area contributed by atoms with Crippen LogP contribution in [0.15, 0.2) is 47.1 Å². The normalized spacial score (nSPS) is 14.8. The molecule has 6 nitrogen and oxygen atoms in total. The number of hydrogen-bond donors (Lipinski definition) is 0. The molecule has 0 saturated carbocycles. The number of piperazine rings is 1. The molecular weight excluding hydrogens is 330 g/mol. The summed E-state index contributed by atoms with van der Waals surface area (Å²) in [5, 5.41) is 0.979. The van der Waals surface area contributed by atoms with Crippen molar-refractivity contribution in [2.24, 2.45) is 0 Å². The Morgan fingerprint density at radius 2 is 1.85 bits per heavy atom. The fourth-order valence-electron chi connectivity index (χ4n) is 3.59.